The van der Waals surface area contributed by atoms with Crippen LogP contribution in [0.25, 0.3) is 10.2 Å². The summed E-state index contributed by atoms with van der Waals surface area (Å²) in [6.07, 6.45) is 3.07. The van der Waals surface area contributed by atoms with Crippen LogP contribution in [0.2, 0.25) is 0 Å². The minimum atomic E-state index is -0.896. The first-order valence-electron chi connectivity index (χ1n) is 9.28. The highest BCUT2D eigenvalue weighted by atomic mass is 32.1. The van der Waals surface area contributed by atoms with Crippen LogP contribution >= 0.6 is 11.3 Å². The number of carboxylic acids is 1. The van der Waals surface area contributed by atoms with Crippen molar-refractivity contribution in [2.75, 3.05) is 18.0 Å². The third-order valence-electron chi connectivity index (χ3n) is 5.62. The maximum atomic E-state index is 12.5. The molecule has 1 saturated heterocycles. The lowest BCUT2D eigenvalue weighted by Gasteiger charge is -2.33. The van der Waals surface area contributed by atoms with E-state index in [-0.39, 0.29) is 17.9 Å². The number of nitrogens with one attached hydrogen (secondary N) is 1. The third kappa shape index (κ3) is 3.90. The molecular weight excluding hydrogens is 364 g/mol. The molecule has 7 nitrogen and oxygen atoms in total. The molecule has 0 spiro atoms. The molecule has 2 unspecified atom stereocenters. The highest BCUT2D eigenvalue weighted by Crippen LogP contribution is 2.35. The standard InChI is InChI=1S/C19H26N4O3S/c1-10(19(25)26)12(3)22-17(24)14-5-7-23(8-6-14)16-15-11(2)13(4)27-18(15)21-9-20-16/h9-10,12,14H,5-8H2,1-4H3,(H,22,24)(H,25,26). The van der Waals surface area contributed by atoms with E-state index in [9.17, 15) is 9.59 Å². The van der Waals surface area contributed by atoms with Crippen LogP contribution in [0.4, 0.5) is 5.82 Å². The number of aromatic nitrogens is 2. The molecule has 0 aromatic carbocycles. The van der Waals surface area contributed by atoms with E-state index >= 15 is 0 Å². The van der Waals surface area contributed by atoms with Crippen LogP contribution < -0.4 is 10.2 Å². The summed E-state index contributed by atoms with van der Waals surface area (Å²) in [6.45, 7) is 9.06. The minimum absolute atomic E-state index is 0.0503. The summed E-state index contributed by atoms with van der Waals surface area (Å²) in [7, 11) is 0. The second-order valence-electron chi connectivity index (χ2n) is 7.35. The Bertz CT molecular complexity index is 858. The number of carboxylic acid groups (broad SMARTS) is 1. The monoisotopic (exact) mass is 390 g/mol. The molecule has 2 aromatic rings. The Kier molecular flexibility index (Phi) is 5.64. The van der Waals surface area contributed by atoms with Gasteiger partial charge in [0.15, 0.2) is 0 Å². The molecule has 1 aliphatic heterocycles. The van der Waals surface area contributed by atoms with Gasteiger partial charge in [-0.1, -0.05) is 0 Å². The number of carbonyl (C=O) groups excluding carboxylic acids is 1. The first-order valence-corrected chi connectivity index (χ1v) is 10.1. The van der Waals surface area contributed by atoms with Gasteiger partial charge in [0.05, 0.1) is 11.3 Å². The van der Waals surface area contributed by atoms with E-state index in [0.717, 1.165) is 42.0 Å². The van der Waals surface area contributed by atoms with Gasteiger partial charge in [-0.15, -0.1) is 11.3 Å². The molecule has 27 heavy (non-hydrogen) atoms. The van der Waals surface area contributed by atoms with E-state index in [1.807, 2.05) is 0 Å². The number of aryl methyl sites for hydroxylation is 2. The lowest BCUT2D eigenvalue weighted by Crippen LogP contribution is -2.46. The predicted molar refractivity (Wildman–Crippen MR) is 106 cm³/mol. The van der Waals surface area contributed by atoms with E-state index < -0.39 is 11.9 Å². The SMILES string of the molecule is Cc1sc2ncnc(N3CCC(C(=O)NC(C)C(C)C(=O)O)CC3)c2c1C. The van der Waals surface area contributed by atoms with Crippen molar-refractivity contribution in [3.8, 4) is 0 Å². The summed E-state index contributed by atoms with van der Waals surface area (Å²) >= 11 is 1.68. The van der Waals surface area contributed by atoms with Gasteiger partial charge in [-0.25, -0.2) is 9.97 Å². The predicted octanol–water partition coefficient (Wildman–Crippen LogP) is 2.75. The van der Waals surface area contributed by atoms with Crippen LogP contribution in [0.3, 0.4) is 0 Å². The van der Waals surface area contributed by atoms with Gasteiger partial charge in [-0.2, -0.15) is 0 Å². The number of fused-ring (bicyclic) bond motifs is 1. The van der Waals surface area contributed by atoms with Gasteiger partial charge in [0.1, 0.15) is 17.0 Å². The van der Waals surface area contributed by atoms with Gasteiger partial charge in [0.25, 0.3) is 0 Å². The molecule has 2 atom stereocenters. The van der Waals surface area contributed by atoms with Crippen LogP contribution in [0.15, 0.2) is 6.33 Å². The number of carbonyl (C=O) groups is 2. The Labute approximate surface area is 162 Å². The number of aliphatic carboxylic acids is 1. The number of anilines is 1. The molecule has 3 rings (SSSR count). The molecule has 3 heterocycles. The number of nitrogens with zero attached hydrogens (tertiary/aromatic N) is 3. The van der Waals surface area contributed by atoms with Crippen LogP contribution in [0, 0.1) is 25.7 Å². The van der Waals surface area contributed by atoms with Crippen molar-refractivity contribution in [3.05, 3.63) is 16.8 Å². The van der Waals surface area contributed by atoms with Crippen molar-refractivity contribution < 1.29 is 14.7 Å². The number of rotatable bonds is 5. The van der Waals surface area contributed by atoms with E-state index in [4.69, 9.17) is 5.11 Å². The molecule has 0 bridgehead atoms. The topological polar surface area (TPSA) is 95.4 Å². The molecule has 2 aromatic heterocycles. The van der Waals surface area contributed by atoms with Crippen LogP contribution in [-0.4, -0.2) is 46.1 Å². The molecule has 1 fully saturated rings. The molecule has 2 N–H and O–H groups in total. The van der Waals surface area contributed by atoms with E-state index in [1.165, 1.54) is 10.4 Å². The smallest absolute Gasteiger partial charge is 0.308 e. The molecule has 1 amide bonds. The first-order chi connectivity index (χ1) is 12.8. The summed E-state index contributed by atoms with van der Waals surface area (Å²) < 4.78 is 0. The van der Waals surface area contributed by atoms with Crippen molar-refractivity contribution in [3.63, 3.8) is 0 Å². The molecular formula is C19H26N4O3S. The normalized spacial score (nSPS) is 17.7. The number of piperidine rings is 1. The maximum absolute atomic E-state index is 12.5. The summed E-state index contributed by atoms with van der Waals surface area (Å²) in [5.41, 5.74) is 1.22. The van der Waals surface area contributed by atoms with Gasteiger partial charge in [0.2, 0.25) is 5.91 Å². The summed E-state index contributed by atoms with van der Waals surface area (Å²) in [5.74, 6) is -0.688. The molecule has 8 heteroatoms. The number of amides is 1. The second-order valence-corrected chi connectivity index (χ2v) is 8.55. The summed E-state index contributed by atoms with van der Waals surface area (Å²) in [6, 6.07) is -0.383. The van der Waals surface area contributed by atoms with Gasteiger partial charge in [-0.05, 0) is 46.1 Å². The summed E-state index contributed by atoms with van der Waals surface area (Å²) in [5, 5.41) is 13.1. The van der Waals surface area contributed by atoms with Crippen molar-refractivity contribution in [1.82, 2.24) is 15.3 Å². The van der Waals surface area contributed by atoms with E-state index in [1.54, 1.807) is 31.5 Å². The van der Waals surface area contributed by atoms with Crippen molar-refractivity contribution >= 4 is 39.2 Å². The highest BCUT2D eigenvalue weighted by molar-refractivity contribution is 7.18. The minimum Gasteiger partial charge on any atom is -0.481 e. The molecule has 0 radical (unpaired) electrons. The largest absolute Gasteiger partial charge is 0.481 e. The van der Waals surface area contributed by atoms with Gasteiger partial charge in [0, 0.05) is 29.9 Å². The number of hydrogen-bond acceptors (Lipinski definition) is 6. The van der Waals surface area contributed by atoms with Gasteiger partial charge >= 0.3 is 5.97 Å². The van der Waals surface area contributed by atoms with Gasteiger partial charge < -0.3 is 15.3 Å². The second kappa shape index (κ2) is 7.80. The quantitative estimate of drug-likeness (QED) is 0.815. The van der Waals surface area contributed by atoms with Crippen molar-refractivity contribution in [1.29, 1.82) is 0 Å². The fourth-order valence-electron chi connectivity index (χ4n) is 3.44. The zero-order valence-corrected chi connectivity index (χ0v) is 17.0. The average Bonchev–Trinajstić information content (AvgIpc) is 2.95. The lowest BCUT2D eigenvalue weighted by molar-refractivity contribution is -0.142. The Hall–Kier alpha value is -2.22. The summed E-state index contributed by atoms with van der Waals surface area (Å²) in [4.78, 5) is 37.0. The van der Waals surface area contributed by atoms with E-state index in [2.05, 4.69) is 34.0 Å². The average molecular weight is 391 g/mol. The Morgan fingerprint density at radius 1 is 1.26 bits per heavy atom. The maximum Gasteiger partial charge on any atom is 0.308 e. The zero-order valence-electron chi connectivity index (χ0n) is 16.2. The number of hydrogen-bond donors (Lipinski definition) is 2. The number of thiophene rings is 1. The van der Waals surface area contributed by atoms with Crippen molar-refractivity contribution in [2.45, 2.75) is 46.6 Å². The van der Waals surface area contributed by atoms with Gasteiger partial charge in [-0.3, -0.25) is 9.59 Å². The van der Waals surface area contributed by atoms with Crippen molar-refractivity contribution in [2.24, 2.45) is 11.8 Å². The Morgan fingerprint density at radius 2 is 1.93 bits per heavy atom. The molecule has 1 aliphatic rings. The third-order valence-corrected chi connectivity index (χ3v) is 6.74. The van der Waals surface area contributed by atoms with Crippen LogP contribution in [0.1, 0.15) is 37.1 Å². The zero-order chi connectivity index (χ0) is 19.7. The molecule has 0 saturated carbocycles. The fraction of sp³-hybridized carbons (Fsp3) is 0.579. The lowest BCUT2D eigenvalue weighted by atomic mass is 9.94. The fourth-order valence-corrected chi connectivity index (χ4v) is 4.43. The van der Waals surface area contributed by atoms with Crippen LogP contribution in [-0.2, 0) is 9.59 Å². The Morgan fingerprint density at radius 3 is 2.56 bits per heavy atom. The first kappa shape index (κ1) is 19.5. The molecule has 0 aliphatic carbocycles. The van der Waals surface area contributed by atoms with E-state index in [0.29, 0.717) is 0 Å². The highest BCUT2D eigenvalue weighted by Gasteiger charge is 2.29. The van der Waals surface area contributed by atoms with Crippen LogP contribution in [0.5, 0.6) is 0 Å². The Balaban J connectivity index is 1.66. The molecule has 146 valence electrons.